The number of imidazole rings is 1. The number of aromatic nitrogens is 2. The van der Waals surface area contributed by atoms with Crippen LogP contribution in [0.2, 0.25) is 0 Å². The SMILES string of the molecule is CC(C)(C)OC(=O)N1C[C@@H](F)C[C@H]1C(=O)Nc1ccc2c(c1)C(C)(C)c1cc(-c3ccc(-c4cnc([C@@H]5C[C@H](F)CN5C(=O)OC(C)(C)C)[nH]4)cc3)ccc1-2. The molecule has 4 atom stereocenters. The van der Waals surface area contributed by atoms with Crippen molar-refractivity contribution in [1.29, 1.82) is 0 Å². The van der Waals surface area contributed by atoms with Crippen molar-refractivity contribution in [1.82, 2.24) is 19.8 Å². The van der Waals surface area contributed by atoms with E-state index in [1.54, 1.807) is 47.7 Å². The average molecular weight is 754 g/mol. The number of carbonyl (C=O) groups excluding carboxylic acids is 3. The Labute approximate surface area is 320 Å². The summed E-state index contributed by atoms with van der Waals surface area (Å²) in [5, 5.41) is 2.93. The molecule has 3 amide bonds. The summed E-state index contributed by atoms with van der Waals surface area (Å²) in [6, 6.07) is 18.8. The molecule has 290 valence electrons. The van der Waals surface area contributed by atoms with Gasteiger partial charge in [-0.2, -0.15) is 0 Å². The van der Waals surface area contributed by atoms with E-state index in [9.17, 15) is 23.2 Å². The van der Waals surface area contributed by atoms with Crippen molar-refractivity contribution in [2.45, 2.75) is 109 Å². The van der Waals surface area contributed by atoms with Crippen LogP contribution in [0.3, 0.4) is 0 Å². The number of nitrogens with zero attached hydrogens (tertiary/aromatic N) is 3. The highest BCUT2D eigenvalue weighted by atomic mass is 19.1. The zero-order chi connectivity index (χ0) is 39.6. The molecule has 3 heterocycles. The summed E-state index contributed by atoms with van der Waals surface area (Å²) in [5.41, 5.74) is 6.83. The van der Waals surface area contributed by atoms with E-state index in [4.69, 9.17) is 9.47 Å². The molecular weight excluding hydrogens is 704 g/mol. The van der Waals surface area contributed by atoms with Crippen LogP contribution in [0.5, 0.6) is 0 Å². The summed E-state index contributed by atoms with van der Waals surface area (Å²) in [6.45, 7) is 14.6. The molecule has 2 saturated heterocycles. The first-order chi connectivity index (χ1) is 25.8. The number of amides is 3. The topological polar surface area (TPSA) is 117 Å². The Bertz CT molecular complexity index is 2130. The summed E-state index contributed by atoms with van der Waals surface area (Å²) in [5.74, 6) is 0.0639. The van der Waals surface area contributed by atoms with Gasteiger partial charge in [0.1, 0.15) is 35.4 Å². The molecule has 2 aliphatic heterocycles. The van der Waals surface area contributed by atoms with Crippen molar-refractivity contribution < 1.29 is 32.6 Å². The first-order valence-corrected chi connectivity index (χ1v) is 18.8. The maximum absolute atomic E-state index is 14.5. The standard InChI is InChI=1S/C43H49F2N5O5/c1-41(2,3)54-39(52)49-22-27(44)18-35(49)37-46-21-34(48-37)25-11-9-24(10-12-25)26-13-15-30-31-16-14-29(20-33(31)43(7,8)32(30)17-26)47-38(51)36-19-28(45)23-50(36)40(53)55-42(4,5)6/h9-17,20-21,27-28,35-36H,18-19,22-23H2,1-8H3,(H,46,48)(H,47,51)/t27-,28-,35-,36-/m0/s1. The van der Waals surface area contributed by atoms with Crippen LogP contribution in [0.4, 0.5) is 24.1 Å². The summed E-state index contributed by atoms with van der Waals surface area (Å²) in [7, 11) is 0. The van der Waals surface area contributed by atoms with Crippen LogP contribution < -0.4 is 5.32 Å². The number of halogens is 2. The van der Waals surface area contributed by atoms with Gasteiger partial charge in [-0.05, 0) is 98.7 Å². The van der Waals surface area contributed by atoms with Gasteiger partial charge in [-0.15, -0.1) is 0 Å². The second kappa shape index (κ2) is 13.8. The van der Waals surface area contributed by atoms with Crippen LogP contribution in [-0.2, 0) is 19.7 Å². The van der Waals surface area contributed by atoms with Gasteiger partial charge < -0.3 is 19.8 Å². The number of benzene rings is 3. The maximum Gasteiger partial charge on any atom is 0.411 e. The lowest BCUT2D eigenvalue weighted by Crippen LogP contribution is -2.45. The van der Waals surface area contributed by atoms with E-state index >= 15 is 0 Å². The van der Waals surface area contributed by atoms with E-state index in [1.165, 1.54) is 9.80 Å². The molecule has 4 aromatic rings. The average Bonchev–Trinajstić information content (AvgIpc) is 3.88. The molecule has 1 aromatic heterocycles. The fraction of sp³-hybridized carbons (Fsp3) is 0.442. The number of likely N-dealkylation sites (tertiary alicyclic amines) is 2. The Hall–Kier alpha value is -5.26. The van der Waals surface area contributed by atoms with Gasteiger partial charge in [0, 0.05) is 23.9 Å². The first-order valence-electron chi connectivity index (χ1n) is 18.8. The number of carbonyl (C=O) groups is 3. The number of aromatic amines is 1. The van der Waals surface area contributed by atoms with Crippen molar-refractivity contribution in [2.75, 3.05) is 18.4 Å². The van der Waals surface area contributed by atoms with E-state index in [1.807, 2.05) is 42.5 Å². The van der Waals surface area contributed by atoms with E-state index in [0.717, 1.165) is 44.6 Å². The summed E-state index contributed by atoms with van der Waals surface area (Å²) in [4.78, 5) is 49.5. The van der Waals surface area contributed by atoms with Crippen molar-refractivity contribution in [3.63, 3.8) is 0 Å². The van der Waals surface area contributed by atoms with Crippen LogP contribution in [0.15, 0.2) is 66.9 Å². The van der Waals surface area contributed by atoms with Gasteiger partial charge in [-0.1, -0.05) is 56.3 Å². The predicted octanol–water partition coefficient (Wildman–Crippen LogP) is 9.36. The minimum atomic E-state index is -1.31. The number of fused-ring (bicyclic) bond motifs is 3. The van der Waals surface area contributed by atoms with E-state index in [-0.39, 0.29) is 31.3 Å². The third kappa shape index (κ3) is 7.68. The van der Waals surface area contributed by atoms with Crippen molar-refractivity contribution in [2.24, 2.45) is 0 Å². The van der Waals surface area contributed by atoms with E-state index < -0.39 is 53.7 Å². The Morgan fingerprint density at radius 1 is 0.764 bits per heavy atom. The molecule has 55 heavy (non-hydrogen) atoms. The van der Waals surface area contributed by atoms with Crippen LogP contribution >= 0.6 is 0 Å². The number of hydrogen-bond donors (Lipinski definition) is 2. The lowest BCUT2D eigenvalue weighted by Gasteiger charge is -2.28. The Balaban J connectivity index is 1.06. The molecule has 0 unspecified atom stereocenters. The summed E-state index contributed by atoms with van der Waals surface area (Å²) < 4.78 is 40.0. The van der Waals surface area contributed by atoms with Crippen molar-refractivity contribution >= 4 is 23.8 Å². The second-order valence-electron chi connectivity index (χ2n) is 17.4. The molecule has 0 saturated carbocycles. The number of anilines is 1. The van der Waals surface area contributed by atoms with Crippen molar-refractivity contribution in [3.8, 4) is 33.5 Å². The molecule has 2 fully saturated rings. The number of ether oxygens (including phenoxy) is 2. The molecule has 12 heteroatoms. The monoisotopic (exact) mass is 753 g/mol. The van der Waals surface area contributed by atoms with E-state index in [2.05, 4.69) is 47.3 Å². The van der Waals surface area contributed by atoms with Gasteiger partial charge in [0.2, 0.25) is 5.91 Å². The third-order valence-corrected chi connectivity index (χ3v) is 10.4. The Morgan fingerprint density at radius 2 is 1.31 bits per heavy atom. The van der Waals surface area contributed by atoms with Crippen LogP contribution in [0.25, 0.3) is 33.5 Å². The van der Waals surface area contributed by atoms with E-state index in [0.29, 0.717) is 11.5 Å². The molecule has 10 nitrogen and oxygen atoms in total. The zero-order valence-electron chi connectivity index (χ0n) is 32.6. The molecule has 1 aliphatic carbocycles. The number of alkyl halides is 2. The van der Waals surface area contributed by atoms with Crippen molar-refractivity contribution in [3.05, 3.63) is 83.8 Å². The van der Waals surface area contributed by atoms with Gasteiger partial charge in [-0.25, -0.2) is 23.4 Å². The minimum absolute atomic E-state index is 0.0384. The molecule has 7 rings (SSSR count). The number of H-pyrrole nitrogens is 1. The number of hydrogen-bond acceptors (Lipinski definition) is 6. The molecule has 0 spiro atoms. The summed E-state index contributed by atoms with van der Waals surface area (Å²) in [6.07, 6.45) is -1.97. The fourth-order valence-electron chi connectivity index (χ4n) is 7.84. The van der Waals surface area contributed by atoms with Gasteiger partial charge in [-0.3, -0.25) is 14.6 Å². The van der Waals surface area contributed by atoms with Crippen LogP contribution in [-0.4, -0.2) is 80.5 Å². The van der Waals surface area contributed by atoms with Gasteiger partial charge in [0.15, 0.2) is 0 Å². The maximum atomic E-state index is 14.5. The molecule has 0 radical (unpaired) electrons. The zero-order valence-corrected chi connectivity index (χ0v) is 32.6. The van der Waals surface area contributed by atoms with Gasteiger partial charge >= 0.3 is 12.2 Å². The number of rotatable bonds is 5. The minimum Gasteiger partial charge on any atom is -0.444 e. The second-order valence-corrected chi connectivity index (χ2v) is 17.4. The lowest BCUT2D eigenvalue weighted by atomic mass is 9.81. The third-order valence-electron chi connectivity index (χ3n) is 10.4. The Kier molecular flexibility index (Phi) is 9.54. The quantitative estimate of drug-likeness (QED) is 0.210. The van der Waals surface area contributed by atoms with Crippen LogP contribution in [0, 0.1) is 0 Å². The smallest absolute Gasteiger partial charge is 0.411 e. The lowest BCUT2D eigenvalue weighted by molar-refractivity contribution is -0.120. The Morgan fingerprint density at radius 3 is 1.96 bits per heavy atom. The van der Waals surface area contributed by atoms with Crippen LogP contribution in [0.1, 0.15) is 91.2 Å². The largest absolute Gasteiger partial charge is 0.444 e. The van der Waals surface area contributed by atoms with Gasteiger partial charge in [0.25, 0.3) is 0 Å². The number of nitrogens with one attached hydrogen (secondary N) is 2. The van der Waals surface area contributed by atoms with Gasteiger partial charge in [0.05, 0.1) is 31.0 Å². The molecule has 2 N–H and O–H groups in total. The highest BCUT2D eigenvalue weighted by Crippen LogP contribution is 2.50. The first kappa shape index (κ1) is 38.0. The molecule has 3 aliphatic rings. The highest BCUT2D eigenvalue weighted by Gasteiger charge is 2.43. The molecule has 0 bridgehead atoms. The highest BCUT2D eigenvalue weighted by molar-refractivity contribution is 5.98. The summed E-state index contributed by atoms with van der Waals surface area (Å²) >= 11 is 0. The fourth-order valence-corrected chi connectivity index (χ4v) is 7.84. The predicted molar refractivity (Wildman–Crippen MR) is 207 cm³/mol. The molecule has 3 aromatic carbocycles. The normalized spacial score (nSPS) is 21.6. The molecular formula is C43H49F2N5O5.